The van der Waals surface area contributed by atoms with Gasteiger partial charge in [-0.1, -0.05) is 18.2 Å². The van der Waals surface area contributed by atoms with Crippen molar-refractivity contribution in [2.75, 3.05) is 31.5 Å². The lowest BCUT2D eigenvalue weighted by Crippen LogP contribution is -2.43. The van der Waals surface area contributed by atoms with Crippen LogP contribution >= 0.6 is 0 Å². The topological polar surface area (TPSA) is 76.4 Å². The lowest BCUT2D eigenvalue weighted by Gasteiger charge is -2.31. The van der Waals surface area contributed by atoms with E-state index in [4.69, 9.17) is 0 Å². The van der Waals surface area contributed by atoms with Gasteiger partial charge in [0.05, 0.1) is 0 Å². The molecule has 0 unspecified atom stereocenters. The van der Waals surface area contributed by atoms with Gasteiger partial charge in [-0.2, -0.15) is 5.26 Å². The molecule has 1 saturated heterocycles. The Bertz CT molecular complexity index is 625. The smallest absolute Gasteiger partial charge is 0.267 e. The first-order valence-corrected chi connectivity index (χ1v) is 7.06. The second-order valence-electron chi connectivity index (χ2n) is 5.10. The number of nitrogens with one attached hydrogen (secondary N) is 1. The van der Waals surface area contributed by atoms with Crippen LogP contribution in [0.5, 0.6) is 0 Å². The fourth-order valence-electron chi connectivity index (χ4n) is 2.20. The van der Waals surface area contributed by atoms with Crippen LogP contribution in [-0.2, 0) is 9.59 Å². The van der Waals surface area contributed by atoms with E-state index >= 15 is 0 Å². The van der Waals surface area contributed by atoms with Gasteiger partial charge in [0.25, 0.3) is 5.91 Å². The fraction of sp³-hybridized carbons (Fsp3) is 0.312. The normalized spacial score (nSPS) is 15.2. The Morgan fingerprint density at radius 2 is 1.86 bits per heavy atom. The van der Waals surface area contributed by atoms with Crippen molar-refractivity contribution in [1.82, 2.24) is 9.80 Å². The Balaban J connectivity index is 2.03. The molecule has 0 atom stereocenters. The van der Waals surface area contributed by atoms with E-state index in [1.807, 2.05) is 36.1 Å². The minimum atomic E-state index is -0.422. The van der Waals surface area contributed by atoms with Crippen molar-refractivity contribution < 1.29 is 9.59 Å². The van der Waals surface area contributed by atoms with E-state index in [0.717, 1.165) is 12.0 Å². The predicted molar refractivity (Wildman–Crippen MR) is 82.7 cm³/mol. The highest BCUT2D eigenvalue weighted by molar-refractivity contribution is 6.06. The molecular weight excluding hydrogens is 280 g/mol. The minimum absolute atomic E-state index is 0.0582. The van der Waals surface area contributed by atoms with Crippen LogP contribution < -0.4 is 5.32 Å². The van der Waals surface area contributed by atoms with Crippen molar-refractivity contribution in [2.24, 2.45) is 0 Å². The number of carbonyl (C=O) groups excluding carboxylic acids is 2. The molecule has 22 heavy (non-hydrogen) atoms. The van der Waals surface area contributed by atoms with Gasteiger partial charge in [0, 0.05) is 38.1 Å². The minimum Gasteiger partial charge on any atom is -0.373 e. The number of hydrogen-bond acceptors (Lipinski definition) is 4. The SMILES string of the molecule is Cc1ccccc1NC(=O)/C(C#N)=C\N1CCN(C=O)CC1. The van der Waals surface area contributed by atoms with E-state index < -0.39 is 5.91 Å². The second-order valence-corrected chi connectivity index (χ2v) is 5.10. The van der Waals surface area contributed by atoms with Gasteiger partial charge in [-0.25, -0.2) is 0 Å². The second kappa shape index (κ2) is 7.27. The summed E-state index contributed by atoms with van der Waals surface area (Å²) in [6, 6.07) is 9.35. The summed E-state index contributed by atoms with van der Waals surface area (Å²) in [6.07, 6.45) is 2.38. The first-order chi connectivity index (χ1) is 10.6. The van der Waals surface area contributed by atoms with E-state index in [0.29, 0.717) is 31.9 Å². The van der Waals surface area contributed by atoms with Gasteiger partial charge in [0.1, 0.15) is 11.6 Å². The van der Waals surface area contributed by atoms with Gasteiger partial charge in [0.15, 0.2) is 0 Å². The number of nitriles is 1. The Morgan fingerprint density at radius 1 is 1.23 bits per heavy atom. The number of piperazine rings is 1. The number of benzene rings is 1. The maximum Gasteiger partial charge on any atom is 0.267 e. The van der Waals surface area contributed by atoms with Crippen LogP contribution in [0.3, 0.4) is 0 Å². The number of para-hydroxylation sites is 1. The summed E-state index contributed by atoms with van der Waals surface area (Å²) in [5.41, 5.74) is 1.69. The quantitative estimate of drug-likeness (QED) is 0.513. The van der Waals surface area contributed by atoms with Crippen LogP contribution in [-0.4, -0.2) is 48.3 Å². The summed E-state index contributed by atoms with van der Waals surface area (Å²) in [7, 11) is 0. The average molecular weight is 298 g/mol. The summed E-state index contributed by atoms with van der Waals surface area (Å²) in [5.74, 6) is -0.422. The first kappa shape index (κ1) is 15.6. The maximum absolute atomic E-state index is 12.2. The molecule has 1 aliphatic rings. The molecule has 0 aromatic heterocycles. The summed E-state index contributed by atoms with van der Waals surface area (Å²) in [6.45, 7) is 4.31. The Hall–Kier alpha value is -2.81. The molecule has 0 bridgehead atoms. The van der Waals surface area contributed by atoms with Crippen LogP contribution in [0.4, 0.5) is 5.69 Å². The first-order valence-electron chi connectivity index (χ1n) is 7.06. The highest BCUT2D eigenvalue weighted by Crippen LogP contribution is 2.14. The highest BCUT2D eigenvalue weighted by atomic mass is 16.1. The van der Waals surface area contributed by atoms with E-state index in [1.165, 1.54) is 0 Å². The van der Waals surface area contributed by atoms with Gasteiger partial charge in [0.2, 0.25) is 6.41 Å². The molecule has 114 valence electrons. The molecular formula is C16H18N4O2. The lowest BCUT2D eigenvalue weighted by molar-refractivity contribution is -0.119. The molecule has 0 aliphatic carbocycles. The monoisotopic (exact) mass is 298 g/mol. The standard InChI is InChI=1S/C16H18N4O2/c1-13-4-2-3-5-15(13)18-16(22)14(10-17)11-19-6-8-20(12-21)9-7-19/h2-5,11-12H,6-9H2,1H3,(H,18,22)/b14-11-. The van der Waals surface area contributed by atoms with Crippen molar-refractivity contribution in [3.63, 3.8) is 0 Å². The van der Waals surface area contributed by atoms with Crippen molar-refractivity contribution in [3.05, 3.63) is 41.6 Å². The zero-order valence-electron chi connectivity index (χ0n) is 12.5. The Morgan fingerprint density at radius 3 is 2.45 bits per heavy atom. The number of nitrogens with zero attached hydrogens (tertiary/aromatic N) is 3. The van der Waals surface area contributed by atoms with E-state index in [1.54, 1.807) is 17.2 Å². The van der Waals surface area contributed by atoms with Gasteiger partial charge in [-0.05, 0) is 18.6 Å². The number of amides is 2. The lowest BCUT2D eigenvalue weighted by atomic mass is 10.2. The van der Waals surface area contributed by atoms with Gasteiger partial charge in [-0.3, -0.25) is 9.59 Å². The third kappa shape index (κ3) is 3.85. The highest BCUT2D eigenvalue weighted by Gasteiger charge is 2.16. The number of aryl methyl sites for hydroxylation is 1. The summed E-state index contributed by atoms with van der Waals surface area (Å²) in [5, 5.41) is 11.9. The molecule has 1 fully saturated rings. The zero-order valence-corrected chi connectivity index (χ0v) is 12.5. The number of carbonyl (C=O) groups is 2. The molecule has 0 saturated carbocycles. The molecule has 1 aromatic rings. The molecule has 6 heteroatoms. The van der Waals surface area contributed by atoms with Crippen molar-refractivity contribution in [1.29, 1.82) is 5.26 Å². The summed E-state index contributed by atoms with van der Waals surface area (Å²) in [4.78, 5) is 26.4. The van der Waals surface area contributed by atoms with Gasteiger partial charge < -0.3 is 15.1 Å². The van der Waals surface area contributed by atoms with Crippen LogP contribution in [0, 0.1) is 18.3 Å². The van der Waals surface area contributed by atoms with Crippen LogP contribution in [0.1, 0.15) is 5.56 Å². The molecule has 2 amide bonds. The van der Waals surface area contributed by atoms with Gasteiger partial charge in [-0.15, -0.1) is 0 Å². The van der Waals surface area contributed by atoms with Crippen LogP contribution in [0.25, 0.3) is 0 Å². The molecule has 1 N–H and O–H groups in total. The maximum atomic E-state index is 12.2. The average Bonchev–Trinajstić information content (AvgIpc) is 2.55. The molecule has 1 aromatic carbocycles. The third-order valence-corrected chi connectivity index (χ3v) is 3.57. The Labute approximate surface area is 129 Å². The van der Waals surface area contributed by atoms with Crippen molar-refractivity contribution in [2.45, 2.75) is 6.92 Å². The van der Waals surface area contributed by atoms with E-state index in [2.05, 4.69) is 5.32 Å². The molecule has 0 radical (unpaired) electrons. The largest absolute Gasteiger partial charge is 0.373 e. The molecule has 2 rings (SSSR count). The molecule has 1 heterocycles. The third-order valence-electron chi connectivity index (χ3n) is 3.57. The molecule has 6 nitrogen and oxygen atoms in total. The zero-order chi connectivity index (χ0) is 15.9. The number of hydrogen-bond donors (Lipinski definition) is 1. The predicted octanol–water partition coefficient (Wildman–Crippen LogP) is 1.11. The van der Waals surface area contributed by atoms with E-state index in [-0.39, 0.29) is 5.57 Å². The van der Waals surface area contributed by atoms with Gasteiger partial charge >= 0.3 is 0 Å². The van der Waals surface area contributed by atoms with Crippen molar-refractivity contribution in [3.8, 4) is 6.07 Å². The van der Waals surface area contributed by atoms with E-state index in [9.17, 15) is 14.9 Å². The number of anilines is 1. The molecule has 1 aliphatic heterocycles. The van der Waals surface area contributed by atoms with Crippen molar-refractivity contribution >= 4 is 18.0 Å². The fourth-order valence-corrected chi connectivity index (χ4v) is 2.20. The number of rotatable bonds is 4. The summed E-state index contributed by atoms with van der Waals surface area (Å²) >= 11 is 0. The van der Waals surface area contributed by atoms with Crippen LogP contribution in [0.2, 0.25) is 0 Å². The Kier molecular flexibility index (Phi) is 5.15. The molecule has 0 spiro atoms. The summed E-state index contributed by atoms with van der Waals surface area (Å²) < 4.78 is 0. The van der Waals surface area contributed by atoms with Crippen LogP contribution in [0.15, 0.2) is 36.0 Å².